The number of hydrogen-bond donors (Lipinski definition) is 3. The minimum absolute atomic E-state index is 0.0301. The molecule has 0 saturated heterocycles. The lowest BCUT2D eigenvalue weighted by Gasteiger charge is -2.04. The van der Waals surface area contributed by atoms with Gasteiger partial charge in [0.2, 0.25) is 0 Å². The van der Waals surface area contributed by atoms with Crippen LogP contribution in [0.4, 0.5) is 5.82 Å². The summed E-state index contributed by atoms with van der Waals surface area (Å²) in [6, 6.07) is 0. The highest BCUT2D eigenvalue weighted by molar-refractivity contribution is 7.89. The summed E-state index contributed by atoms with van der Waals surface area (Å²) in [6.07, 6.45) is 2.79. The number of sulfonamides is 1. The molecule has 0 radical (unpaired) electrons. The van der Waals surface area contributed by atoms with E-state index in [1.807, 2.05) is 0 Å². The first-order valence-corrected chi connectivity index (χ1v) is 6.66. The molecule has 9 heteroatoms. The standard InChI is InChI=1S/C9H14N6O2S/c1-6-11-5-8(14-6)18(16,17)13-4-7-3-12-15(2)9(7)10/h3,5,13H,4,10H2,1-2H3,(H,11,14). The first kappa shape index (κ1) is 12.6. The second-order valence-corrected chi connectivity index (χ2v) is 5.57. The molecule has 2 aromatic heterocycles. The van der Waals surface area contributed by atoms with Crippen LogP contribution in [-0.4, -0.2) is 28.2 Å². The number of nitrogen functional groups attached to an aromatic ring is 1. The van der Waals surface area contributed by atoms with Crippen LogP contribution in [0, 0.1) is 6.92 Å². The molecule has 18 heavy (non-hydrogen) atoms. The number of aryl methyl sites for hydroxylation is 2. The zero-order valence-electron chi connectivity index (χ0n) is 10.0. The highest BCUT2D eigenvalue weighted by Crippen LogP contribution is 2.11. The number of aromatic amines is 1. The predicted octanol–water partition coefficient (Wildman–Crippen LogP) is -0.488. The number of nitrogens with zero attached hydrogens (tertiary/aromatic N) is 3. The summed E-state index contributed by atoms with van der Waals surface area (Å²) in [6.45, 7) is 1.76. The van der Waals surface area contributed by atoms with E-state index in [0.29, 0.717) is 17.2 Å². The summed E-state index contributed by atoms with van der Waals surface area (Å²) >= 11 is 0. The number of nitrogens with two attached hydrogens (primary N) is 1. The maximum Gasteiger partial charge on any atom is 0.257 e. The van der Waals surface area contributed by atoms with Crippen molar-refractivity contribution in [3.63, 3.8) is 0 Å². The van der Waals surface area contributed by atoms with Crippen molar-refractivity contribution in [1.29, 1.82) is 0 Å². The number of imidazole rings is 1. The van der Waals surface area contributed by atoms with E-state index in [1.54, 1.807) is 14.0 Å². The van der Waals surface area contributed by atoms with Gasteiger partial charge in [0.05, 0.1) is 12.4 Å². The molecule has 0 bridgehead atoms. The van der Waals surface area contributed by atoms with Crippen LogP contribution in [0.25, 0.3) is 0 Å². The van der Waals surface area contributed by atoms with Crippen molar-refractivity contribution in [3.05, 3.63) is 23.8 Å². The van der Waals surface area contributed by atoms with Crippen LogP contribution in [0.5, 0.6) is 0 Å². The molecule has 4 N–H and O–H groups in total. The summed E-state index contributed by atoms with van der Waals surface area (Å²) in [4.78, 5) is 6.50. The molecule has 0 aliphatic rings. The lowest BCUT2D eigenvalue weighted by molar-refractivity contribution is 0.578. The van der Waals surface area contributed by atoms with Crippen molar-refractivity contribution in [2.45, 2.75) is 18.5 Å². The topological polar surface area (TPSA) is 119 Å². The van der Waals surface area contributed by atoms with Gasteiger partial charge >= 0.3 is 0 Å². The summed E-state index contributed by atoms with van der Waals surface area (Å²) in [7, 11) is -1.92. The second-order valence-electron chi connectivity index (χ2n) is 3.84. The van der Waals surface area contributed by atoms with E-state index < -0.39 is 10.0 Å². The summed E-state index contributed by atoms with van der Waals surface area (Å²) < 4.78 is 27.7. The predicted molar refractivity (Wildman–Crippen MR) is 65.0 cm³/mol. The molecule has 8 nitrogen and oxygen atoms in total. The molecule has 0 aliphatic heterocycles. The molecule has 0 unspecified atom stereocenters. The largest absolute Gasteiger partial charge is 0.384 e. The second kappa shape index (κ2) is 4.42. The highest BCUT2D eigenvalue weighted by Gasteiger charge is 2.17. The van der Waals surface area contributed by atoms with Gasteiger partial charge in [0, 0.05) is 19.2 Å². The molecule has 0 aromatic carbocycles. The van der Waals surface area contributed by atoms with Crippen molar-refractivity contribution >= 4 is 15.8 Å². The van der Waals surface area contributed by atoms with Crippen molar-refractivity contribution in [2.24, 2.45) is 7.05 Å². The molecule has 98 valence electrons. The Balaban J connectivity index is 2.13. The molecule has 0 fully saturated rings. The number of H-pyrrole nitrogens is 1. The van der Waals surface area contributed by atoms with Crippen molar-refractivity contribution in [1.82, 2.24) is 24.5 Å². The van der Waals surface area contributed by atoms with Crippen molar-refractivity contribution < 1.29 is 8.42 Å². The van der Waals surface area contributed by atoms with Gasteiger partial charge in [-0.1, -0.05) is 0 Å². The Morgan fingerprint density at radius 1 is 1.50 bits per heavy atom. The number of rotatable bonds is 4. The molecule has 0 amide bonds. The molecular formula is C9H14N6O2S. The summed E-state index contributed by atoms with van der Waals surface area (Å²) in [5, 5.41) is 3.96. The number of aromatic nitrogens is 4. The average molecular weight is 270 g/mol. The average Bonchev–Trinajstić information content (AvgIpc) is 2.86. The molecule has 2 aromatic rings. The Labute approximate surface area is 104 Å². The summed E-state index contributed by atoms with van der Waals surface area (Å²) in [5.74, 6) is 0.967. The monoisotopic (exact) mass is 270 g/mol. The fraction of sp³-hybridized carbons (Fsp3) is 0.333. The minimum atomic E-state index is -3.61. The van der Waals surface area contributed by atoms with Crippen LogP contribution < -0.4 is 10.5 Å². The Morgan fingerprint density at radius 2 is 2.22 bits per heavy atom. The number of nitrogens with one attached hydrogen (secondary N) is 2. The van der Waals surface area contributed by atoms with E-state index in [4.69, 9.17) is 5.73 Å². The van der Waals surface area contributed by atoms with E-state index in [2.05, 4.69) is 19.8 Å². The molecule has 0 atom stereocenters. The van der Waals surface area contributed by atoms with Gasteiger partial charge < -0.3 is 10.7 Å². The third-order valence-electron chi connectivity index (χ3n) is 2.49. The van der Waals surface area contributed by atoms with E-state index in [1.165, 1.54) is 17.1 Å². The highest BCUT2D eigenvalue weighted by atomic mass is 32.2. The Bertz CT molecular complexity index is 656. The molecule has 2 rings (SSSR count). The lowest BCUT2D eigenvalue weighted by Crippen LogP contribution is -2.24. The van der Waals surface area contributed by atoms with E-state index in [0.717, 1.165) is 0 Å². The van der Waals surface area contributed by atoms with Crippen molar-refractivity contribution in [3.8, 4) is 0 Å². The Hall–Kier alpha value is -1.87. The smallest absolute Gasteiger partial charge is 0.257 e. The molecule has 0 spiro atoms. The van der Waals surface area contributed by atoms with Crippen LogP contribution in [0.3, 0.4) is 0 Å². The van der Waals surface area contributed by atoms with Crippen LogP contribution in [0.15, 0.2) is 17.4 Å². The summed E-state index contributed by atoms with van der Waals surface area (Å²) in [5.41, 5.74) is 6.34. The van der Waals surface area contributed by atoms with Gasteiger partial charge in [0.15, 0.2) is 5.03 Å². The Morgan fingerprint density at radius 3 is 2.72 bits per heavy atom. The van der Waals surface area contributed by atoms with Crippen LogP contribution >= 0.6 is 0 Å². The van der Waals surface area contributed by atoms with Crippen LogP contribution in [-0.2, 0) is 23.6 Å². The quantitative estimate of drug-likeness (QED) is 0.693. The van der Waals surface area contributed by atoms with E-state index in [-0.39, 0.29) is 11.6 Å². The van der Waals surface area contributed by atoms with Gasteiger partial charge in [-0.15, -0.1) is 0 Å². The lowest BCUT2D eigenvalue weighted by atomic mass is 10.3. The van der Waals surface area contributed by atoms with Gasteiger partial charge in [-0.05, 0) is 6.92 Å². The molecule has 2 heterocycles. The van der Waals surface area contributed by atoms with Gasteiger partial charge in [-0.25, -0.2) is 18.1 Å². The van der Waals surface area contributed by atoms with Gasteiger partial charge in [-0.3, -0.25) is 4.68 Å². The van der Waals surface area contributed by atoms with Gasteiger partial charge in [0.1, 0.15) is 11.6 Å². The van der Waals surface area contributed by atoms with Crippen LogP contribution in [0.2, 0.25) is 0 Å². The fourth-order valence-corrected chi connectivity index (χ4v) is 2.39. The van der Waals surface area contributed by atoms with Gasteiger partial charge in [0.25, 0.3) is 10.0 Å². The van der Waals surface area contributed by atoms with Crippen LogP contribution in [0.1, 0.15) is 11.4 Å². The molecule has 0 saturated carbocycles. The fourth-order valence-electron chi connectivity index (χ4n) is 1.41. The first-order chi connectivity index (χ1) is 8.40. The number of anilines is 1. The molecule has 0 aliphatic carbocycles. The zero-order valence-corrected chi connectivity index (χ0v) is 10.8. The molecular weight excluding hydrogens is 256 g/mol. The van der Waals surface area contributed by atoms with E-state index >= 15 is 0 Å². The third kappa shape index (κ3) is 2.36. The third-order valence-corrected chi connectivity index (χ3v) is 3.80. The Kier molecular flexibility index (Phi) is 3.09. The SMILES string of the molecule is Cc1ncc(S(=O)(=O)NCc2cnn(C)c2N)[nH]1. The maximum absolute atomic E-state index is 11.9. The maximum atomic E-state index is 11.9. The minimum Gasteiger partial charge on any atom is -0.384 e. The number of hydrogen-bond acceptors (Lipinski definition) is 5. The normalized spacial score (nSPS) is 11.9. The first-order valence-electron chi connectivity index (χ1n) is 5.18. The zero-order chi connectivity index (χ0) is 13.3. The van der Waals surface area contributed by atoms with E-state index in [9.17, 15) is 8.42 Å². The van der Waals surface area contributed by atoms with Gasteiger partial charge in [-0.2, -0.15) is 5.10 Å². The van der Waals surface area contributed by atoms with Crippen molar-refractivity contribution in [2.75, 3.05) is 5.73 Å².